The van der Waals surface area contributed by atoms with Crippen LogP contribution in [0.1, 0.15) is 17.4 Å². The molecule has 0 aliphatic heterocycles. The highest BCUT2D eigenvalue weighted by atomic mass is 16.1. The monoisotopic (exact) mass is 215 g/mol. The number of aromatic nitrogens is 2. The summed E-state index contributed by atoms with van der Waals surface area (Å²) in [5.74, 6) is -0.180. The van der Waals surface area contributed by atoms with Gasteiger partial charge < -0.3 is 5.32 Å². The standard InChI is InChI=1S/C12H13N3O/c1-8(2)7-13-12(16)11-9-5-3-4-6-10(9)14-15-11/h3-6H,1,7H2,2H3,(H,13,16)(H,14,15). The predicted octanol–water partition coefficient (Wildman–Crippen LogP) is 1.87. The highest BCUT2D eigenvalue weighted by Crippen LogP contribution is 2.14. The lowest BCUT2D eigenvalue weighted by Crippen LogP contribution is -2.25. The number of hydrogen-bond acceptors (Lipinski definition) is 2. The van der Waals surface area contributed by atoms with Gasteiger partial charge in [0.15, 0.2) is 5.69 Å². The molecule has 16 heavy (non-hydrogen) atoms. The minimum Gasteiger partial charge on any atom is -0.347 e. The van der Waals surface area contributed by atoms with Crippen LogP contribution >= 0.6 is 0 Å². The Morgan fingerprint density at radius 2 is 2.25 bits per heavy atom. The normalized spacial score (nSPS) is 10.3. The lowest BCUT2D eigenvalue weighted by molar-refractivity contribution is 0.0953. The summed E-state index contributed by atoms with van der Waals surface area (Å²) in [6, 6.07) is 7.54. The SMILES string of the molecule is C=C(C)CNC(=O)c1n[nH]c2ccccc12. The molecular formula is C12H13N3O. The van der Waals surface area contributed by atoms with Gasteiger partial charge in [-0.2, -0.15) is 5.10 Å². The molecule has 1 aromatic heterocycles. The van der Waals surface area contributed by atoms with E-state index in [4.69, 9.17) is 0 Å². The molecule has 0 aliphatic carbocycles. The highest BCUT2D eigenvalue weighted by molar-refractivity contribution is 6.04. The van der Waals surface area contributed by atoms with Gasteiger partial charge in [0.1, 0.15) is 0 Å². The van der Waals surface area contributed by atoms with Crippen LogP contribution in [0.3, 0.4) is 0 Å². The van der Waals surface area contributed by atoms with Crippen molar-refractivity contribution in [3.63, 3.8) is 0 Å². The minimum atomic E-state index is -0.180. The van der Waals surface area contributed by atoms with Gasteiger partial charge in [0, 0.05) is 11.9 Å². The zero-order valence-corrected chi connectivity index (χ0v) is 9.08. The Hall–Kier alpha value is -2.10. The largest absolute Gasteiger partial charge is 0.347 e. The van der Waals surface area contributed by atoms with Crippen molar-refractivity contribution in [1.29, 1.82) is 0 Å². The quantitative estimate of drug-likeness (QED) is 0.768. The molecule has 82 valence electrons. The smallest absolute Gasteiger partial charge is 0.272 e. The summed E-state index contributed by atoms with van der Waals surface area (Å²) in [7, 11) is 0. The topological polar surface area (TPSA) is 57.8 Å². The number of para-hydroxylation sites is 1. The molecule has 0 saturated carbocycles. The summed E-state index contributed by atoms with van der Waals surface area (Å²) >= 11 is 0. The Kier molecular flexibility index (Phi) is 2.72. The summed E-state index contributed by atoms with van der Waals surface area (Å²) in [4.78, 5) is 11.8. The molecule has 0 fully saturated rings. The highest BCUT2D eigenvalue weighted by Gasteiger charge is 2.12. The van der Waals surface area contributed by atoms with E-state index in [1.54, 1.807) is 0 Å². The van der Waals surface area contributed by atoms with Crippen LogP contribution in [0, 0.1) is 0 Å². The van der Waals surface area contributed by atoms with Crippen LogP contribution < -0.4 is 5.32 Å². The molecule has 2 N–H and O–H groups in total. The zero-order valence-electron chi connectivity index (χ0n) is 9.08. The van der Waals surface area contributed by atoms with Crippen LogP contribution in [-0.2, 0) is 0 Å². The van der Waals surface area contributed by atoms with E-state index in [9.17, 15) is 4.79 Å². The first-order valence-electron chi connectivity index (χ1n) is 5.04. The van der Waals surface area contributed by atoms with Gasteiger partial charge in [-0.25, -0.2) is 0 Å². The van der Waals surface area contributed by atoms with Crippen molar-refractivity contribution in [2.45, 2.75) is 6.92 Å². The molecule has 1 heterocycles. The van der Waals surface area contributed by atoms with Gasteiger partial charge in [0.05, 0.1) is 5.52 Å². The van der Waals surface area contributed by atoms with E-state index in [0.717, 1.165) is 16.5 Å². The molecule has 0 unspecified atom stereocenters. The molecular weight excluding hydrogens is 202 g/mol. The Balaban J connectivity index is 2.26. The number of benzene rings is 1. The molecule has 0 bridgehead atoms. The lowest BCUT2D eigenvalue weighted by Gasteiger charge is -2.01. The molecule has 2 rings (SSSR count). The minimum absolute atomic E-state index is 0.180. The van der Waals surface area contributed by atoms with Crippen molar-refractivity contribution in [1.82, 2.24) is 15.5 Å². The van der Waals surface area contributed by atoms with Gasteiger partial charge in [-0.3, -0.25) is 9.89 Å². The molecule has 0 atom stereocenters. The Bertz CT molecular complexity index is 542. The van der Waals surface area contributed by atoms with E-state index in [1.807, 2.05) is 31.2 Å². The maximum absolute atomic E-state index is 11.8. The number of nitrogens with one attached hydrogen (secondary N) is 2. The van der Waals surface area contributed by atoms with Crippen molar-refractivity contribution in [2.24, 2.45) is 0 Å². The van der Waals surface area contributed by atoms with E-state index in [1.165, 1.54) is 0 Å². The van der Waals surface area contributed by atoms with Crippen molar-refractivity contribution >= 4 is 16.8 Å². The fraction of sp³-hybridized carbons (Fsp3) is 0.167. The molecule has 1 amide bonds. The van der Waals surface area contributed by atoms with E-state index in [-0.39, 0.29) is 5.91 Å². The number of nitrogens with zero attached hydrogens (tertiary/aromatic N) is 1. The third kappa shape index (κ3) is 1.95. The number of carbonyl (C=O) groups is 1. The van der Waals surface area contributed by atoms with E-state index >= 15 is 0 Å². The molecule has 0 aliphatic rings. The van der Waals surface area contributed by atoms with E-state index in [0.29, 0.717) is 12.2 Å². The van der Waals surface area contributed by atoms with Crippen molar-refractivity contribution in [2.75, 3.05) is 6.54 Å². The third-order valence-electron chi connectivity index (χ3n) is 2.24. The number of aromatic amines is 1. The van der Waals surface area contributed by atoms with E-state index < -0.39 is 0 Å². The summed E-state index contributed by atoms with van der Waals surface area (Å²) in [5.41, 5.74) is 2.20. The van der Waals surface area contributed by atoms with Crippen LogP contribution in [0.25, 0.3) is 10.9 Å². The first-order chi connectivity index (χ1) is 7.68. The number of fused-ring (bicyclic) bond motifs is 1. The van der Waals surface area contributed by atoms with Crippen molar-refractivity contribution in [3.05, 3.63) is 42.1 Å². The summed E-state index contributed by atoms with van der Waals surface area (Å²) in [6.07, 6.45) is 0. The van der Waals surface area contributed by atoms with Crippen molar-refractivity contribution < 1.29 is 4.79 Å². The average Bonchev–Trinajstić information content (AvgIpc) is 2.69. The molecule has 1 aromatic carbocycles. The fourth-order valence-corrected chi connectivity index (χ4v) is 1.45. The van der Waals surface area contributed by atoms with Crippen molar-refractivity contribution in [3.8, 4) is 0 Å². The zero-order chi connectivity index (χ0) is 11.5. The van der Waals surface area contributed by atoms with Crippen LogP contribution in [0.2, 0.25) is 0 Å². The molecule has 4 heteroatoms. The van der Waals surface area contributed by atoms with E-state index in [2.05, 4.69) is 22.1 Å². The van der Waals surface area contributed by atoms with Gasteiger partial charge in [0.2, 0.25) is 0 Å². The Labute approximate surface area is 93.4 Å². The van der Waals surface area contributed by atoms with Gasteiger partial charge in [-0.15, -0.1) is 0 Å². The second-order valence-corrected chi connectivity index (χ2v) is 3.76. The van der Waals surface area contributed by atoms with Gasteiger partial charge in [-0.05, 0) is 13.0 Å². The number of H-pyrrole nitrogens is 1. The molecule has 0 radical (unpaired) electrons. The summed E-state index contributed by atoms with van der Waals surface area (Å²) in [6.45, 7) is 6.06. The first-order valence-corrected chi connectivity index (χ1v) is 5.04. The maximum Gasteiger partial charge on any atom is 0.272 e. The van der Waals surface area contributed by atoms with Crippen LogP contribution in [-0.4, -0.2) is 22.6 Å². The second kappa shape index (κ2) is 4.18. The molecule has 0 spiro atoms. The summed E-state index contributed by atoms with van der Waals surface area (Å²) in [5, 5.41) is 10.4. The Morgan fingerprint density at radius 3 is 3.00 bits per heavy atom. The molecule has 0 saturated heterocycles. The van der Waals surface area contributed by atoms with Gasteiger partial charge >= 0.3 is 0 Å². The van der Waals surface area contributed by atoms with Crippen LogP contribution in [0.15, 0.2) is 36.4 Å². The lowest BCUT2D eigenvalue weighted by atomic mass is 10.2. The number of hydrogen-bond donors (Lipinski definition) is 2. The second-order valence-electron chi connectivity index (χ2n) is 3.76. The number of amides is 1. The number of carbonyl (C=O) groups excluding carboxylic acids is 1. The van der Waals surface area contributed by atoms with Gasteiger partial charge in [-0.1, -0.05) is 30.4 Å². The predicted molar refractivity (Wildman–Crippen MR) is 63.2 cm³/mol. The Morgan fingerprint density at radius 1 is 1.50 bits per heavy atom. The number of rotatable bonds is 3. The van der Waals surface area contributed by atoms with Crippen LogP contribution in [0.5, 0.6) is 0 Å². The molecule has 4 nitrogen and oxygen atoms in total. The fourth-order valence-electron chi connectivity index (χ4n) is 1.45. The first kappa shape index (κ1) is 10.4. The molecule has 2 aromatic rings. The third-order valence-corrected chi connectivity index (χ3v) is 2.24. The van der Waals surface area contributed by atoms with Gasteiger partial charge in [0.25, 0.3) is 5.91 Å². The summed E-state index contributed by atoms with van der Waals surface area (Å²) < 4.78 is 0. The average molecular weight is 215 g/mol. The van der Waals surface area contributed by atoms with Crippen LogP contribution in [0.4, 0.5) is 0 Å². The maximum atomic E-state index is 11.8.